The number of carbonyl (C=O) groups excluding carboxylic acids is 1. The minimum Gasteiger partial charge on any atom is -0.494 e. The molecule has 1 amide bonds. The predicted molar refractivity (Wildman–Crippen MR) is 75.4 cm³/mol. The van der Waals surface area contributed by atoms with Gasteiger partial charge >= 0.3 is 5.97 Å². The van der Waals surface area contributed by atoms with E-state index in [1.807, 2.05) is 0 Å². The van der Waals surface area contributed by atoms with E-state index < -0.39 is 23.1 Å². The Morgan fingerprint density at radius 3 is 2.68 bits per heavy atom. The standard InChI is InChI=1S/C15H18FNO5/c1-21-9-15(14(19)20)5-6-17(8-15)13(18)10-3-4-12(22-2)11(16)7-10/h3-4,7H,5-6,8-9H2,1-2H3,(H,19,20). The monoisotopic (exact) mass is 311 g/mol. The molecule has 7 heteroatoms. The van der Waals surface area contributed by atoms with E-state index in [0.717, 1.165) is 6.07 Å². The van der Waals surface area contributed by atoms with Crippen LogP contribution in [-0.2, 0) is 9.53 Å². The van der Waals surface area contributed by atoms with E-state index in [-0.39, 0.29) is 24.5 Å². The fourth-order valence-corrected chi connectivity index (χ4v) is 2.66. The van der Waals surface area contributed by atoms with Crippen LogP contribution in [0.1, 0.15) is 16.8 Å². The molecule has 1 aliphatic rings. The zero-order valence-electron chi connectivity index (χ0n) is 12.5. The summed E-state index contributed by atoms with van der Waals surface area (Å²) < 4.78 is 23.5. The maximum absolute atomic E-state index is 13.7. The maximum Gasteiger partial charge on any atom is 0.313 e. The van der Waals surface area contributed by atoms with Gasteiger partial charge in [-0.05, 0) is 24.6 Å². The van der Waals surface area contributed by atoms with Gasteiger partial charge < -0.3 is 19.5 Å². The second-order valence-corrected chi connectivity index (χ2v) is 5.34. The second kappa shape index (κ2) is 6.31. The van der Waals surface area contributed by atoms with Gasteiger partial charge in [0.05, 0.1) is 13.7 Å². The van der Waals surface area contributed by atoms with Gasteiger partial charge in [0, 0.05) is 25.8 Å². The molecule has 1 aromatic rings. The highest BCUT2D eigenvalue weighted by molar-refractivity contribution is 5.95. The molecule has 0 spiro atoms. The Morgan fingerprint density at radius 1 is 1.41 bits per heavy atom. The van der Waals surface area contributed by atoms with Crippen molar-refractivity contribution in [2.24, 2.45) is 5.41 Å². The molecule has 120 valence electrons. The molecule has 0 aliphatic carbocycles. The molecule has 0 bridgehead atoms. The Kier molecular flexibility index (Phi) is 4.65. The number of carboxylic acids is 1. The highest BCUT2D eigenvalue weighted by Gasteiger charge is 2.46. The molecular formula is C15H18FNO5. The number of rotatable bonds is 5. The lowest BCUT2D eigenvalue weighted by molar-refractivity contribution is -0.151. The summed E-state index contributed by atoms with van der Waals surface area (Å²) in [5.41, 5.74) is -0.938. The molecule has 1 aromatic carbocycles. The summed E-state index contributed by atoms with van der Waals surface area (Å²) in [5.74, 6) is -1.97. The van der Waals surface area contributed by atoms with Gasteiger partial charge in [-0.25, -0.2) is 4.39 Å². The van der Waals surface area contributed by atoms with Gasteiger partial charge in [-0.3, -0.25) is 9.59 Å². The highest BCUT2D eigenvalue weighted by atomic mass is 19.1. The van der Waals surface area contributed by atoms with Gasteiger partial charge in [0.2, 0.25) is 0 Å². The number of ether oxygens (including phenoxy) is 2. The lowest BCUT2D eigenvalue weighted by Crippen LogP contribution is -2.40. The van der Waals surface area contributed by atoms with Crippen LogP contribution in [0, 0.1) is 11.2 Å². The number of hydrogen-bond donors (Lipinski definition) is 1. The summed E-state index contributed by atoms with van der Waals surface area (Å²) in [6, 6.07) is 3.93. The lowest BCUT2D eigenvalue weighted by atomic mass is 9.88. The first-order chi connectivity index (χ1) is 10.4. The SMILES string of the molecule is COCC1(C(=O)O)CCN(C(=O)c2ccc(OC)c(F)c2)C1. The number of amides is 1. The molecule has 0 aromatic heterocycles. The quantitative estimate of drug-likeness (QED) is 0.889. The van der Waals surface area contributed by atoms with Crippen LogP contribution in [0.4, 0.5) is 4.39 Å². The van der Waals surface area contributed by atoms with Crippen LogP contribution in [0.15, 0.2) is 18.2 Å². The van der Waals surface area contributed by atoms with Crippen molar-refractivity contribution in [3.8, 4) is 5.75 Å². The number of methoxy groups -OCH3 is 2. The van der Waals surface area contributed by atoms with Crippen LogP contribution in [0.3, 0.4) is 0 Å². The van der Waals surface area contributed by atoms with Crippen molar-refractivity contribution in [2.45, 2.75) is 6.42 Å². The molecular weight excluding hydrogens is 293 g/mol. The van der Waals surface area contributed by atoms with Gasteiger partial charge in [0.1, 0.15) is 5.41 Å². The Morgan fingerprint density at radius 2 is 2.14 bits per heavy atom. The van der Waals surface area contributed by atoms with Crippen molar-refractivity contribution in [1.82, 2.24) is 4.90 Å². The lowest BCUT2D eigenvalue weighted by Gasteiger charge is -2.23. The molecule has 1 N–H and O–H groups in total. The van der Waals surface area contributed by atoms with Crippen molar-refractivity contribution in [3.05, 3.63) is 29.6 Å². The molecule has 2 rings (SSSR count). The van der Waals surface area contributed by atoms with Gasteiger partial charge in [-0.1, -0.05) is 0 Å². The Hall–Kier alpha value is -2.15. The molecule has 1 fully saturated rings. The Labute approximate surface area is 127 Å². The topological polar surface area (TPSA) is 76.1 Å². The molecule has 0 saturated carbocycles. The van der Waals surface area contributed by atoms with Crippen molar-refractivity contribution in [2.75, 3.05) is 33.9 Å². The number of nitrogens with zero attached hydrogens (tertiary/aromatic N) is 1. The molecule has 1 unspecified atom stereocenters. The van der Waals surface area contributed by atoms with Gasteiger partial charge in [-0.2, -0.15) is 0 Å². The third-order valence-electron chi connectivity index (χ3n) is 3.91. The smallest absolute Gasteiger partial charge is 0.313 e. The number of carbonyl (C=O) groups is 2. The summed E-state index contributed by atoms with van der Waals surface area (Å²) >= 11 is 0. The van der Waals surface area contributed by atoms with Crippen LogP contribution in [0.25, 0.3) is 0 Å². The van der Waals surface area contributed by atoms with Gasteiger partial charge in [0.15, 0.2) is 11.6 Å². The van der Waals surface area contributed by atoms with Crippen LogP contribution in [0.2, 0.25) is 0 Å². The molecule has 1 heterocycles. The van der Waals surface area contributed by atoms with E-state index in [1.54, 1.807) is 0 Å². The van der Waals surface area contributed by atoms with E-state index in [2.05, 4.69) is 0 Å². The number of carboxylic acid groups (broad SMARTS) is 1. The van der Waals surface area contributed by atoms with E-state index >= 15 is 0 Å². The van der Waals surface area contributed by atoms with Crippen molar-refractivity contribution < 1.29 is 28.6 Å². The zero-order valence-corrected chi connectivity index (χ0v) is 12.5. The first kappa shape index (κ1) is 16.2. The minimum atomic E-state index is -1.10. The maximum atomic E-state index is 13.7. The van der Waals surface area contributed by atoms with Crippen LogP contribution >= 0.6 is 0 Å². The van der Waals surface area contributed by atoms with Crippen LogP contribution in [0.5, 0.6) is 5.75 Å². The Bertz CT molecular complexity index is 591. The first-order valence-electron chi connectivity index (χ1n) is 6.78. The first-order valence-corrected chi connectivity index (χ1v) is 6.78. The fraction of sp³-hybridized carbons (Fsp3) is 0.467. The number of likely N-dealkylation sites (tertiary alicyclic amines) is 1. The van der Waals surface area contributed by atoms with Crippen molar-refractivity contribution >= 4 is 11.9 Å². The summed E-state index contributed by atoms with van der Waals surface area (Å²) in [7, 11) is 2.76. The van der Waals surface area contributed by atoms with E-state index in [4.69, 9.17) is 9.47 Å². The molecule has 22 heavy (non-hydrogen) atoms. The Balaban J connectivity index is 2.18. The van der Waals surface area contributed by atoms with Gasteiger partial charge in [0.25, 0.3) is 5.91 Å². The highest BCUT2D eigenvalue weighted by Crippen LogP contribution is 2.32. The van der Waals surface area contributed by atoms with E-state index in [9.17, 15) is 19.1 Å². The molecule has 1 atom stereocenters. The average molecular weight is 311 g/mol. The summed E-state index contributed by atoms with van der Waals surface area (Å²) in [6.45, 7) is 0.369. The summed E-state index contributed by atoms with van der Waals surface area (Å²) in [4.78, 5) is 25.3. The number of halogens is 1. The average Bonchev–Trinajstić information content (AvgIpc) is 2.92. The second-order valence-electron chi connectivity index (χ2n) is 5.34. The molecule has 1 aliphatic heterocycles. The van der Waals surface area contributed by atoms with Crippen molar-refractivity contribution in [3.63, 3.8) is 0 Å². The minimum absolute atomic E-state index is 0.0308. The largest absolute Gasteiger partial charge is 0.494 e. The molecule has 1 saturated heterocycles. The fourth-order valence-electron chi connectivity index (χ4n) is 2.66. The normalized spacial score (nSPS) is 21.0. The molecule has 0 radical (unpaired) electrons. The van der Waals surface area contributed by atoms with Gasteiger partial charge in [-0.15, -0.1) is 0 Å². The van der Waals surface area contributed by atoms with E-state index in [1.165, 1.54) is 31.3 Å². The number of hydrogen-bond acceptors (Lipinski definition) is 4. The third kappa shape index (κ3) is 2.89. The zero-order chi connectivity index (χ0) is 16.3. The van der Waals surface area contributed by atoms with Crippen LogP contribution in [-0.4, -0.2) is 55.8 Å². The van der Waals surface area contributed by atoms with E-state index in [0.29, 0.717) is 13.0 Å². The predicted octanol–water partition coefficient (Wildman–Crippen LogP) is 1.40. The summed E-state index contributed by atoms with van der Waals surface area (Å²) in [5, 5.41) is 9.38. The van der Waals surface area contributed by atoms with Crippen LogP contribution < -0.4 is 4.74 Å². The number of aliphatic carboxylic acids is 1. The number of benzene rings is 1. The summed E-state index contributed by atoms with van der Waals surface area (Å²) in [6.07, 6.45) is 0.306. The van der Waals surface area contributed by atoms with Crippen molar-refractivity contribution in [1.29, 1.82) is 0 Å². The molecule has 6 nitrogen and oxygen atoms in total. The third-order valence-corrected chi connectivity index (χ3v) is 3.91.